The van der Waals surface area contributed by atoms with Crippen LogP contribution in [0.25, 0.3) is 0 Å². The first-order chi connectivity index (χ1) is 9.65. The molecule has 0 heterocycles. The van der Waals surface area contributed by atoms with Crippen LogP contribution in [0.2, 0.25) is 5.02 Å². The summed E-state index contributed by atoms with van der Waals surface area (Å²) >= 11 is 5.91. The molecule has 2 amide bonds. The molecule has 4 N–H and O–H groups in total. The van der Waals surface area contributed by atoms with Crippen molar-refractivity contribution >= 4 is 29.0 Å². The molecule has 1 aromatic carbocycles. The molecule has 20 heavy (non-hydrogen) atoms. The lowest BCUT2D eigenvalue weighted by atomic mass is 9.87. The predicted octanol–water partition coefficient (Wildman–Crippen LogP) is 4.01. The molecule has 0 atom stereocenters. The molecule has 0 spiro atoms. The normalized spacial score (nSPS) is 15.8. The van der Waals surface area contributed by atoms with E-state index in [9.17, 15) is 4.79 Å². The molecular formula is C15H22ClN3O. The molecule has 1 aliphatic carbocycles. The van der Waals surface area contributed by atoms with Gasteiger partial charge in [-0.1, -0.05) is 43.7 Å². The highest BCUT2D eigenvalue weighted by Gasteiger charge is 2.13. The van der Waals surface area contributed by atoms with Gasteiger partial charge in [-0.3, -0.25) is 0 Å². The van der Waals surface area contributed by atoms with Gasteiger partial charge in [0.05, 0.1) is 10.7 Å². The summed E-state index contributed by atoms with van der Waals surface area (Å²) in [5, 5.41) is 6.09. The van der Waals surface area contributed by atoms with Crippen molar-refractivity contribution in [3.8, 4) is 0 Å². The molecule has 4 nitrogen and oxygen atoms in total. The van der Waals surface area contributed by atoms with Crippen molar-refractivity contribution in [1.29, 1.82) is 0 Å². The van der Waals surface area contributed by atoms with Crippen molar-refractivity contribution in [2.24, 2.45) is 5.92 Å². The van der Waals surface area contributed by atoms with Crippen molar-refractivity contribution in [2.45, 2.75) is 38.5 Å². The Labute approximate surface area is 125 Å². The minimum absolute atomic E-state index is 0.193. The molecule has 1 saturated carbocycles. The highest BCUT2D eigenvalue weighted by molar-refractivity contribution is 6.33. The maximum atomic E-state index is 11.8. The molecule has 0 saturated heterocycles. The number of nitrogens with two attached hydrogens (primary N) is 1. The van der Waals surface area contributed by atoms with E-state index in [2.05, 4.69) is 10.6 Å². The molecular weight excluding hydrogens is 274 g/mol. The third-order valence-corrected chi connectivity index (χ3v) is 4.15. The zero-order valence-corrected chi connectivity index (χ0v) is 12.4. The number of urea groups is 1. The average molecular weight is 296 g/mol. The number of amides is 2. The highest BCUT2D eigenvalue weighted by atomic mass is 35.5. The van der Waals surface area contributed by atoms with Crippen molar-refractivity contribution in [3.05, 3.63) is 23.2 Å². The number of anilines is 2. The van der Waals surface area contributed by atoms with Gasteiger partial charge in [0.1, 0.15) is 0 Å². The Bertz CT molecular complexity index is 458. The van der Waals surface area contributed by atoms with Crippen molar-refractivity contribution < 1.29 is 4.79 Å². The number of rotatable bonds is 4. The lowest BCUT2D eigenvalue weighted by molar-refractivity contribution is 0.250. The second-order valence-electron chi connectivity index (χ2n) is 5.41. The molecule has 0 radical (unpaired) electrons. The number of nitrogens with one attached hydrogen (secondary N) is 2. The molecule has 0 bridgehead atoms. The molecule has 5 heteroatoms. The van der Waals surface area contributed by atoms with Crippen LogP contribution in [-0.4, -0.2) is 12.6 Å². The Kier molecular flexibility index (Phi) is 5.53. The van der Waals surface area contributed by atoms with Crippen LogP contribution in [0.3, 0.4) is 0 Å². The van der Waals surface area contributed by atoms with E-state index in [1.54, 1.807) is 18.2 Å². The SMILES string of the molecule is Nc1ccc(NC(=O)NCCC2CCCCC2)cc1Cl. The van der Waals surface area contributed by atoms with E-state index in [1.807, 2.05) is 0 Å². The van der Waals surface area contributed by atoms with Crippen LogP contribution in [0.5, 0.6) is 0 Å². The Balaban J connectivity index is 1.70. The Morgan fingerprint density at radius 1 is 1.30 bits per heavy atom. The number of halogens is 1. The molecule has 1 aromatic rings. The van der Waals surface area contributed by atoms with E-state index >= 15 is 0 Å². The largest absolute Gasteiger partial charge is 0.398 e. The molecule has 110 valence electrons. The van der Waals surface area contributed by atoms with Gasteiger partial charge in [-0.25, -0.2) is 4.79 Å². The summed E-state index contributed by atoms with van der Waals surface area (Å²) in [6.07, 6.45) is 7.70. The minimum atomic E-state index is -0.193. The summed E-state index contributed by atoms with van der Waals surface area (Å²) in [5.41, 5.74) is 6.78. The van der Waals surface area contributed by atoms with Gasteiger partial charge < -0.3 is 16.4 Å². The zero-order chi connectivity index (χ0) is 14.4. The van der Waals surface area contributed by atoms with Gasteiger partial charge in [-0.2, -0.15) is 0 Å². The molecule has 0 aromatic heterocycles. The molecule has 2 rings (SSSR count). The smallest absolute Gasteiger partial charge is 0.319 e. The second kappa shape index (κ2) is 7.39. The van der Waals surface area contributed by atoms with Gasteiger partial charge in [0.25, 0.3) is 0 Å². The highest BCUT2D eigenvalue weighted by Crippen LogP contribution is 2.25. The molecule has 1 fully saturated rings. The third kappa shape index (κ3) is 4.60. The van der Waals surface area contributed by atoms with Crippen LogP contribution in [0.15, 0.2) is 18.2 Å². The van der Waals surface area contributed by atoms with E-state index in [1.165, 1.54) is 32.1 Å². The fourth-order valence-corrected chi connectivity index (χ4v) is 2.83. The third-order valence-electron chi connectivity index (χ3n) is 3.82. The maximum absolute atomic E-state index is 11.8. The first-order valence-corrected chi connectivity index (χ1v) is 7.63. The molecule has 0 aliphatic heterocycles. The topological polar surface area (TPSA) is 67.1 Å². The number of benzene rings is 1. The Morgan fingerprint density at radius 2 is 2.05 bits per heavy atom. The first-order valence-electron chi connectivity index (χ1n) is 7.25. The van der Waals surface area contributed by atoms with E-state index in [0.717, 1.165) is 18.9 Å². The molecule has 1 aliphatic rings. The first kappa shape index (κ1) is 15.0. The number of carbonyl (C=O) groups excluding carboxylic acids is 1. The van der Waals surface area contributed by atoms with Gasteiger partial charge >= 0.3 is 6.03 Å². The summed E-state index contributed by atoms with van der Waals surface area (Å²) in [5.74, 6) is 0.773. The van der Waals surface area contributed by atoms with E-state index in [0.29, 0.717) is 16.4 Å². The van der Waals surface area contributed by atoms with Crippen LogP contribution in [0.4, 0.5) is 16.2 Å². The summed E-state index contributed by atoms with van der Waals surface area (Å²) in [4.78, 5) is 11.8. The van der Waals surface area contributed by atoms with Gasteiger partial charge in [-0.15, -0.1) is 0 Å². The van der Waals surface area contributed by atoms with Crippen molar-refractivity contribution in [3.63, 3.8) is 0 Å². The molecule has 0 unspecified atom stereocenters. The van der Waals surface area contributed by atoms with Crippen LogP contribution in [0.1, 0.15) is 38.5 Å². The maximum Gasteiger partial charge on any atom is 0.319 e. The zero-order valence-electron chi connectivity index (χ0n) is 11.6. The van der Waals surface area contributed by atoms with Crippen LogP contribution in [0, 0.1) is 5.92 Å². The number of carbonyl (C=O) groups is 1. The average Bonchev–Trinajstić information content (AvgIpc) is 2.44. The lowest BCUT2D eigenvalue weighted by Gasteiger charge is -2.21. The van der Waals surface area contributed by atoms with Crippen LogP contribution < -0.4 is 16.4 Å². The fraction of sp³-hybridized carbons (Fsp3) is 0.533. The summed E-state index contributed by atoms with van der Waals surface area (Å²) in [7, 11) is 0. The van der Waals surface area contributed by atoms with Crippen molar-refractivity contribution in [1.82, 2.24) is 5.32 Å². The summed E-state index contributed by atoms with van der Waals surface area (Å²) in [6, 6.07) is 4.88. The predicted molar refractivity (Wildman–Crippen MR) is 84.1 cm³/mol. The second-order valence-corrected chi connectivity index (χ2v) is 5.82. The van der Waals surface area contributed by atoms with E-state index < -0.39 is 0 Å². The van der Waals surface area contributed by atoms with Crippen molar-refractivity contribution in [2.75, 3.05) is 17.6 Å². The Morgan fingerprint density at radius 3 is 2.75 bits per heavy atom. The summed E-state index contributed by atoms with van der Waals surface area (Å²) < 4.78 is 0. The van der Waals surface area contributed by atoms with Gasteiger partial charge in [0.15, 0.2) is 0 Å². The van der Waals surface area contributed by atoms with E-state index in [4.69, 9.17) is 17.3 Å². The van der Waals surface area contributed by atoms with Crippen LogP contribution >= 0.6 is 11.6 Å². The number of nitrogen functional groups attached to an aromatic ring is 1. The minimum Gasteiger partial charge on any atom is -0.398 e. The Hall–Kier alpha value is -1.42. The standard InChI is InChI=1S/C15H22ClN3O/c16-13-10-12(6-7-14(13)17)19-15(20)18-9-8-11-4-2-1-3-5-11/h6-7,10-11H,1-5,8-9,17H2,(H2,18,19,20). The van der Waals surface area contributed by atoms with Gasteiger partial charge in [0, 0.05) is 12.2 Å². The summed E-state index contributed by atoms with van der Waals surface area (Å²) in [6.45, 7) is 0.721. The van der Waals surface area contributed by atoms with Gasteiger partial charge in [-0.05, 0) is 30.5 Å². The van der Waals surface area contributed by atoms with Gasteiger partial charge in [0.2, 0.25) is 0 Å². The fourth-order valence-electron chi connectivity index (χ4n) is 2.65. The van der Waals surface area contributed by atoms with Crippen LogP contribution in [-0.2, 0) is 0 Å². The number of hydrogen-bond acceptors (Lipinski definition) is 2. The monoisotopic (exact) mass is 295 g/mol. The number of hydrogen-bond donors (Lipinski definition) is 3. The van der Waals surface area contributed by atoms with E-state index in [-0.39, 0.29) is 6.03 Å². The quantitative estimate of drug-likeness (QED) is 0.735. The lowest BCUT2D eigenvalue weighted by Crippen LogP contribution is -2.30.